The minimum Gasteiger partial charge on any atom is -0.393 e. The molecule has 5 unspecified atom stereocenters. The van der Waals surface area contributed by atoms with E-state index in [2.05, 4.69) is 24.3 Å². The molecule has 1 aromatic carbocycles. The molecule has 0 aromatic heterocycles. The summed E-state index contributed by atoms with van der Waals surface area (Å²) in [6.45, 7) is 0. The standard InChI is InChI=1S/C19H26O/c20-19(12-18-10-13-5-6-16(18)9-13)17-8-7-14-3-1-2-4-15(14)11-17/h1-4,13,16-20H,5-12H2. The van der Waals surface area contributed by atoms with Crippen molar-refractivity contribution < 1.29 is 5.11 Å². The van der Waals surface area contributed by atoms with Gasteiger partial charge in [-0.1, -0.05) is 30.7 Å². The molecule has 1 nitrogen and oxygen atoms in total. The van der Waals surface area contributed by atoms with Crippen LogP contribution in [-0.2, 0) is 12.8 Å². The summed E-state index contributed by atoms with van der Waals surface area (Å²) in [5.74, 6) is 3.29. The van der Waals surface area contributed by atoms with Gasteiger partial charge in [0, 0.05) is 0 Å². The van der Waals surface area contributed by atoms with Crippen LogP contribution in [0.5, 0.6) is 0 Å². The first-order chi connectivity index (χ1) is 9.79. The van der Waals surface area contributed by atoms with Crippen molar-refractivity contribution in [3.05, 3.63) is 35.4 Å². The van der Waals surface area contributed by atoms with Crippen LogP contribution < -0.4 is 0 Å². The van der Waals surface area contributed by atoms with Crippen LogP contribution in [0.3, 0.4) is 0 Å². The molecule has 4 rings (SSSR count). The Balaban J connectivity index is 1.39. The van der Waals surface area contributed by atoms with E-state index in [1.807, 2.05) is 0 Å². The Hall–Kier alpha value is -0.820. The Bertz CT molecular complexity index is 480. The van der Waals surface area contributed by atoms with Gasteiger partial charge in [0.2, 0.25) is 0 Å². The maximum Gasteiger partial charge on any atom is 0.0574 e. The lowest BCUT2D eigenvalue weighted by atomic mass is 9.76. The van der Waals surface area contributed by atoms with Gasteiger partial charge in [0.1, 0.15) is 0 Å². The second kappa shape index (κ2) is 5.18. The highest BCUT2D eigenvalue weighted by Gasteiger charge is 2.41. The molecule has 2 saturated carbocycles. The van der Waals surface area contributed by atoms with Crippen LogP contribution in [0.4, 0.5) is 0 Å². The van der Waals surface area contributed by atoms with Crippen molar-refractivity contribution in [2.75, 3.05) is 0 Å². The number of rotatable bonds is 3. The third-order valence-corrected chi connectivity index (χ3v) is 6.36. The van der Waals surface area contributed by atoms with Crippen LogP contribution >= 0.6 is 0 Å². The van der Waals surface area contributed by atoms with Crippen molar-refractivity contribution in [2.24, 2.45) is 23.7 Å². The molecule has 1 aromatic rings. The van der Waals surface area contributed by atoms with Gasteiger partial charge in [-0.05, 0) is 79.7 Å². The number of fused-ring (bicyclic) bond motifs is 3. The lowest BCUT2D eigenvalue weighted by Crippen LogP contribution is -2.30. The molecule has 0 aliphatic heterocycles. The van der Waals surface area contributed by atoms with E-state index in [-0.39, 0.29) is 6.10 Å². The molecule has 3 aliphatic carbocycles. The predicted octanol–water partition coefficient (Wildman–Crippen LogP) is 3.98. The molecule has 3 aliphatic rings. The maximum absolute atomic E-state index is 10.7. The van der Waals surface area contributed by atoms with Crippen molar-refractivity contribution >= 4 is 0 Å². The summed E-state index contributed by atoms with van der Waals surface area (Å²) in [6.07, 6.45) is 10.2. The molecule has 0 radical (unpaired) electrons. The molecule has 0 amide bonds. The van der Waals surface area contributed by atoms with Crippen molar-refractivity contribution in [1.29, 1.82) is 0 Å². The van der Waals surface area contributed by atoms with Crippen LogP contribution in [0, 0.1) is 23.7 Å². The molecule has 108 valence electrons. The highest BCUT2D eigenvalue weighted by Crippen LogP contribution is 2.50. The number of hydrogen-bond donors (Lipinski definition) is 1. The zero-order chi connectivity index (χ0) is 13.5. The van der Waals surface area contributed by atoms with Crippen LogP contribution in [0.25, 0.3) is 0 Å². The molecule has 2 bridgehead atoms. The quantitative estimate of drug-likeness (QED) is 0.881. The summed E-state index contributed by atoms with van der Waals surface area (Å²) in [5, 5.41) is 10.7. The minimum absolute atomic E-state index is 0.0623. The Morgan fingerprint density at radius 1 is 1.05 bits per heavy atom. The normalized spacial score (nSPS) is 36.9. The Labute approximate surface area is 122 Å². The number of aliphatic hydroxyl groups excluding tert-OH is 1. The maximum atomic E-state index is 10.7. The fourth-order valence-electron chi connectivity index (χ4n) is 5.22. The lowest BCUT2D eigenvalue weighted by molar-refractivity contribution is 0.0639. The first-order valence-corrected chi connectivity index (χ1v) is 8.54. The molecular weight excluding hydrogens is 244 g/mol. The van der Waals surface area contributed by atoms with Gasteiger partial charge in [0.15, 0.2) is 0 Å². The first kappa shape index (κ1) is 12.9. The van der Waals surface area contributed by atoms with Crippen molar-refractivity contribution in [2.45, 2.75) is 57.5 Å². The highest BCUT2D eigenvalue weighted by atomic mass is 16.3. The summed E-state index contributed by atoms with van der Waals surface area (Å²) in [6, 6.07) is 8.80. The van der Waals surface area contributed by atoms with E-state index in [9.17, 15) is 5.11 Å². The molecule has 0 heterocycles. The van der Waals surface area contributed by atoms with Gasteiger partial charge in [-0.15, -0.1) is 0 Å². The van der Waals surface area contributed by atoms with Gasteiger partial charge >= 0.3 is 0 Å². The van der Waals surface area contributed by atoms with Gasteiger partial charge in [0.25, 0.3) is 0 Å². The van der Waals surface area contributed by atoms with E-state index in [4.69, 9.17) is 0 Å². The van der Waals surface area contributed by atoms with Crippen molar-refractivity contribution in [1.82, 2.24) is 0 Å². The summed E-state index contributed by atoms with van der Waals surface area (Å²) in [4.78, 5) is 0. The molecule has 0 spiro atoms. The highest BCUT2D eigenvalue weighted by molar-refractivity contribution is 5.29. The zero-order valence-electron chi connectivity index (χ0n) is 12.3. The summed E-state index contributed by atoms with van der Waals surface area (Å²) in [7, 11) is 0. The van der Waals surface area contributed by atoms with Crippen LogP contribution in [-0.4, -0.2) is 11.2 Å². The monoisotopic (exact) mass is 270 g/mol. The van der Waals surface area contributed by atoms with Crippen molar-refractivity contribution in [3.63, 3.8) is 0 Å². The van der Waals surface area contributed by atoms with E-state index >= 15 is 0 Å². The predicted molar refractivity (Wildman–Crippen MR) is 81.5 cm³/mol. The van der Waals surface area contributed by atoms with Crippen molar-refractivity contribution in [3.8, 4) is 0 Å². The molecule has 1 heteroatoms. The van der Waals surface area contributed by atoms with Crippen LogP contribution in [0.2, 0.25) is 0 Å². The summed E-state index contributed by atoms with van der Waals surface area (Å²) >= 11 is 0. The lowest BCUT2D eigenvalue weighted by Gasteiger charge is -2.32. The van der Waals surface area contributed by atoms with Crippen LogP contribution in [0.1, 0.15) is 49.7 Å². The average molecular weight is 270 g/mol. The van der Waals surface area contributed by atoms with Gasteiger partial charge < -0.3 is 5.11 Å². The number of benzene rings is 1. The minimum atomic E-state index is -0.0623. The fourth-order valence-corrected chi connectivity index (χ4v) is 5.22. The molecule has 20 heavy (non-hydrogen) atoms. The van der Waals surface area contributed by atoms with Gasteiger partial charge in [-0.2, -0.15) is 0 Å². The van der Waals surface area contributed by atoms with E-state index in [0.29, 0.717) is 5.92 Å². The van der Waals surface area contributed by atoms with E-state index in [0.717, 1.165) is 37.0 Å². The summed E-state index contributed by atoms with van der Waals surface area (Å²) < 4.78 is 0. The second-order valence-corrected chi connectivity index (χ2v) is 7.51. The third-order valence-electron chi connectivity index (χ3n) is 6.36. The molecule has 2 fully saturated rings. The molecule has 1 N–H and O–H groups in total. The first-order valence-electron chi connectivity index (χ1n) is 8.54. The van der Waals surface area contributed by atoms with Gasteiger partial charge in [-0.25, -0.2) is 0 Å². The SMILES string of the molecule is OC(CC1CC2CCC1C2)C1CCc2ccccc2C1. The van der Waals surface area contributed by atoms with E-state index in [1.165, 1.54) is 43.2 Å². The number of hydrogen-bond acceptors (Lipinski definition) is 1. The smallest absolute Gasteiger partial charge is 0.0574 e. The number of aryl methyl sites for hydroxylation is 1. The van der Waals surface area contributed by atoms with Crippen LogP contribution in [0.15, 0.2) is 24.3 Å². The molecule has 5 atom stereocenters. The van der Waals surface area contributed by atoms with Gasteiger partial charge in [0.05, 0.1) is 6.10 Å². The summed E-state index contributed by atoms with van der Waals surface area (Å²) in [5.41, 5.74) is 2.99. The fraction of sp³-hybridized carbons (Fsp3) is 0.684. The molecular formula is C19H26O. The van der Waals surface area contributed by atoms with E-state index < -0.39 is 0 Å². The second-order valence-electron chi connectivity index (χ2n) is 7.51. The van der Waals surface area contributed by atoms with Gasteiger partial charge in [-0.3, -0.25) is 0 Å². The number of aliphatic hydroxyl groups is 1. The molecule has 0 saturated heterocycles. The third kappa shape index (κ3) is 2.30. The Kier molecular flexibility index (Phi) is 3.34. The topological polar surface area (TPSA) is 20.2 Å². The zero-order valence-corrected chi connectivity index (χ0v) is 12.3. The Morgan fingerprint density at radius 3 is 2.65 bits per heavy atom. The van der Waals surface area contributed by atoms with E-state index in [1.54, 1.807) is 0 Å². The largest absolute Gasteiger partial charge is 0.393 e. The Morgan fingerprint density at radius 2 is 1.90 bits per heavy atom. The average Bonchev–Trinajstić information content (AvgIpc) is 3.09.